The summed E-state index contributed by atoms with van der Waals surface area (Å²) < 4.78 is 0. The van der Waals surface area contributed by atoms with Crippen LogP contribution >= 0.6 is 0 Å². The molecule has 0 spiro atoms. The minimum Gasteiger partial charge on any atom is -0.383 e. The minimum atomic E-state index is -0.288. The molecule has 0 atom stereocenters. The summed E-state index contributed by atoms with van der Waals surface area (Å²) >= 11 is 0. The van der Waals surface area contributed by atoms with Gasteiger partial charge in [-0.05, 0) is 53.7 Å². The molecular formula is C25H25N7O. The van der Waals surface area contributed by atoms with E-state index < -0.39 is 0 Å². The third kappa shape index (κ3) is 4.33. The van der Waals surface area contributed by atoms with Gasteiger partial charge in [0.15, 0.2) is 11.5 Å². The van der Waals surface area contributed by atoms with Crippen LogP contribution in [0.4, 0.5) is 17.3 Å². The van der Waals surface area contributed by atoms with Crippen LogP contribution in [0.2, 0.25) is 0 Å². The van der Waals surface area contributed by atoms with Gasteiger partial charge in [0.1, 0.15) is 5.82 Å². The van der Waals surface area contributed by atoms with Crippen LogP contribution in [0, 0.1) is 0 Å². The van der Waals surface area contributed by atoms with Crippen LogP contribution in [0.15, 0.2) is 61.1 Å². The molecule has 8 nitrogen and oxygen atoms in total. The summed E-state index contributed by atoms with van der Waals surface area (Å²) in [6.45, 7) is 2.26. The molecule has 5 rings (SSSR count). The van der Waals surface area contributed by atoms with E-state index in [1.165, 1.54) is 17.3 Å². The van der Waals surface area contributed by atoms with Gasteiger partial charge >= 0.3 is 0 Å². The monoisotopic (exact) mass is 439 g/mol. The average molecular weight is 440 g/mol. The van der Waals surface area contributed by atoms with Gasteiger partial charge < -0.3 is 21.3 Å². The number of nitrogens with two attached hydrogens (primary N) is 1. The molecule has 166 valence electrons. The number of nitrogens with zero attached hydrogens (tertiary/aromatic N) is 4. The maximum Gasteiger partial charge on any atom is 0.274 e. The third-order valence-electron chi connectivity index (χ3n) is 5.94. The largest absolute Gasteiger partial charge is 0.383 e. The predicted octanol–water partition coefficient (Wildman–Crippen LogP) is 3.27. The SMILES string of the molecule is CN1CCc2c(cccc2Nc2nccnc2C(=O)NCc2ccc3c(N)nccc3c2)C1. The molecule has 2 aromatic heterocycles. The van der Waals surface area contributed by atoms with Crippen LogP contribution in [0.3, 0.4) is 0 Å². The van der Waals surface area contributed by atoms with E-state index in [2.05, 4.69) is 43.6 Å². The Morgan fingerprint density at radius 1 is 1.09 bits per heavy atom. The highest BCUT2D eigenvalue weighted by molar-refractivity contribution is 5.97. The molecule has 3 heterocycles. The molecule has 0 bridgehead atoms. The van der Waals surface area contributed by atoms with E-state index in [9.17, 15) is 4.79 Å². The second-order valence-corrected chi connectivity index (χ2v) is 8.24. The van der Waals surface area contributed by atoms with E-state index in [1.54, 1.807) is 12.4 Å². The van der Waals surface area contributed by atoms with Crippen molar-refractivity contribution in [2.24, 2.45) is 0 Å². The normalized spacial score (nSPS) is 13.5. The van der Waals surface area contributed by atoms with Gasteiger partial charge in [0, 0.05) is 49.3 Å². The quantitative estimate of drug-likeness (QED) is 0.438. The molecule has 1 aliphatic heterocycles. The van der Waals surface area contributed by atoms with E-state index >= 15 is 0 Å². The van der Waals surface area contributed by atoms with E-state index in [4.69, 9.17) is 5.73 Å². The summed E-state index contributed by atoms with van der Waals surface area (Å²) in [5, 5.41) is 8.18. The zero-order valence-electron chi connectivity index (χ0n) is 18.4. The molecular weight excluding hydrogens is 414 g/mol. The fraction of sp³-hybridized carbons (Fsp3) is 0.200. The van der Waals surface area contributed by atoms with Crippen molar-refractivity contribution in [3.63, 3.8) is 0 Å². The second-order valence-electron chi connectivity index (χ2n) is 8.24. The number of nitrogen functional groups attached to an aromatic ring is 1. The lowest BCUT2D eigenvalue weighted by molar-refractivity contribution is 0.0946. The lowest BCUT2D eigenvalue weighted by Gasteiger charge is -2.27. The molecule has 1 aliphatic rings. The summed E-state index contributed by atoms with van der Waals surface area (Å²) in [6, 6.07) is 14.0. The van der Waals surface area contributed by atoms with E-state index in [1.807, 2.05) is 36.4 Å². The number of hydrogen-bond donors (Lipinski definition) is 3. The third-order valence-corrected chi connectivity index (χ3v) is 5.94. The molecule has 2 aromatic carbocycles. The molecule has 0 radical (unpaired) electrons. The number of likely N-dealkylation sites (N-methyl/N-ethyl adjacent to an activating group) is 1. The Morgan fingerprint density at radius 2 is 1.97 bits per heavy atom. The molecule has 1 amide bonds. The number of amides is 1. The van der Waals surface area contributed by atoms with Crippen molar-refractivity contribution in [1.82, 2.24) is 25.2 Å². The Hall–Kier alpha value is -4.04. The number of benzene rings is 2. The van der Waals surface area contributed by atoms with Crippen LogP contribution in [-0.4, -0.2) is 39.4 Å². The molecule has 0 saturated carbocycles. The van der Waals surface area contributed by atoms with Crippen LogP contribution in [0.25, 0.3) is 10.8 Å². The molecule has 33 heavy (non-hydrogen) atoms. The molecule has 8 heteroatoms. The standard InChI is InChI=1S/C25H25N7O/c1-32-12-8-19-18(15-32)3-2-4-21(19)31-24-22(27-10-11-29-24)25(33)30-14-16-5-6-20-17(13-16)7-9-28-23(20)26/h2-7,9-11,13H,8,12,14-15H2,1H3,(H2,26,28)(H,29,31)(H,30,33). The highest BCUT2D eigenvalue weighted by Crippen LogP contribution is 2.28. The Bertz CT molecular complexity index is 1340. The summed E-state index contributed by atoms with van der Waals surface area (Å²) in [5.74, 6) is 0.650. The number of carbonyl (C=O) groups excluding carboxylic acids is 1. The molecule has 0 fully saturated rings. The number of anilines is 3. The van der Waals surface area contributed by atoms with E-state index in [0.717, 1.165) is 41.5 Å². The number of rotatable bonds is 5. The van der Waals surface area contributed by atoms with Crippen molar-refractivity contribution in [1.29, 1.82) is 0 Å². The van der Waals surface area contributed by atoms with Gasteiger partial charge in [0.25, 0.3) is 5.91 Å². The highest BCUT2D eigenvalue weighted by Gasteiger charge is 2.19. The number of aromatic nitrogens is 3. The van der Waals surface area contributed by atoms with E-state index in [0.29, 0.717) is 18.2 Å². The zero-order chi connectivity index (χ0) is 22.8. The van der Waals surface area contributed by atoms with Crippen LogP contribution in [0.5, 0.6) is 0 Å². The Morgan fingerprint density at radius 3 is 2.88 bits per heavy atom. The van der Waals surface area contributed by atoms with Crippen LogP contribution < -0.4 is 16.4 Å². The molecule has 4 N–H and O–H groups in total. The van der Waals surface area contributed by atoms with Gasteiger partial charge in [-0.15, -0.1) is 0 Å². The van der Waals surface area contributed by atoms with Crippen molar-refractivity contribution in [3.8, 4) is 0 Å². The summed E-state index contributed by atoms with van der Waals surface area (Å²) in [6.07, 6.45) is 5.74. The van der Waals surface area contributed by atoms with Gasteiger partial charge in [-0.2, -0.15) is 0 Å². The zero-order valence-corrected chi connectivity index (χ0v) is 18.4. The first-order chi connectivity index (χ1) is 16.1. The average Bonchev–Trinajstić information content (AvgIpc) is 2.83. The topological polar surface area (TPSA) is 109 Å². The summed E-state index contributed by atoms with van der Waals surface area (Å²) in [5.41, 5.74) is 10.7. The molecule has 0 aliphatic carbocycles. The van der Waals surface area contributed by atoms with Crippen LogP contribution in [0.1, 0.15) is 27.2 Å². The van der Waals surface area contributed by atoms with Crippen molar-refractivity contribution >= 4 is 34.0 Å². The van der Waals surface area contributed by atoms with Crippen molar-refractivity contribution in [3.05, 3.63) is 83.4 Å². The molecule has 0 saturated heterocycles. The first-order valence-electron chi connectivity index (χ1n) is 10.9. The van der Waals surface area contributed by atoms with Gasteiger partial charge in [0.05, 0.1) is 0 Å². The van der Waals surface area contributed by atoms with E-state index in [-0.39, 0.29) is 11.6 Å². The minimum absolute atomic E-state index is 0.261. The molecule has 0 unspecified atom stereocenters. The van der Waals surface area contributed by atoms with Crippen LogP contribution in [-0.2, 0) is 19.5 Å². The lowest BCUT2D eigenvalue weighted by atomic mass is 9.98. The first kappa shape index (κ1) is 20.8. The fourth-order valence-corrected chi connectivity index (χ4v) is 4.22. The fourth-order valence-electron chi connectivity index (χ4n) is 4.22. The number of pyridine rings is 1. The number of fused-ring (bicyclic) bond motifs is 2. The summed E-state index contributed by atoms with van der Waals surface area (Å²) in [4.78, 5) is 28.1. The number of carbonyl (C=O) groups is 1. The highest BCUT2D eigenvalue weighted by atomic mass is 16.1. The van der Waals surface area contributed by atoms with Crippen molar-refractivity contribution in [2.75, 3.05) is 24.6 Å². The van der Waals surface area contributed by atoms with Gasteiger partial charge in [0.2, 0.25) is 0 Å². The maximum atomic E-state index is 13.0. The smallest absolute Gasteiger partial charge is 0.274 e. The Kier molecular flexibility index (Phi) is 5.58. The Labute approximate surface area is 191 Å². The number of nitrogens with one attached hydrogen (secondary N) is 2. The maximum absolute atomic E-state index is 13.0. The molecule has 4 aromatic rings. The van der Waals surface area contributed by atoms with Gasteiger partial charge in [-0.1, -0.05) is 24.3 Å². The predicted molar refractivity (Wildman–Crippen MR) is 129 cm³/mol. The van der Waals surface area contributed by atoms with Gasteiger partial charge in [-0.3, -0.25) is 4.79 Å². The lowest BCUT2D eigenvalue weighted by Crippen LogP contribution is -2.27. The first-order valence-corrected chi connectivity index (χ1v) is 10.9. The second kappa shape index (κ2) is 8.84. The number of hydrogen-bond acceptors (Lipinski definition) is 7. The Balaban J connectivity index is 1.34. The summed E-state index contributed by atoms with van der Waals surface area (Å²) in [7, 11) is 2.12. The van der Waals surface area contributed by atoms with Crippen molar-refractivity contribution < 1.29 is 4.79 Å². The van der Waals surface area contributed by atoms with Crippen molar-refractivity contribution in [2.45, 2.75) is 19.5 Å². The van der Waals surface area contributed by atoms with Gasteiger partial charge in [-0.25, -0.2) is 15.0 Å².